The Bertz CT molecular complexity index is 6.00. The zero-order valence-electron chi connectivity index (χ0n) is 1.76. The minimum atomic E-state index is -0.556. The van der Waals surface area contributed by atoms with Crippen LogP contribution in [0.3, 0.4) is 0 Å². The van der Waals surface area contributed by atoms with Gasteiger partial charge in [-0.15, -0.1) is 0 Å². The molecular formula is CeCl2Ti. The fourth-order valence-electron chi connectivity index (χ4n) is 0. The van der Waals surface area contributed by atoms with Crippen LogP contribution in [-0.4, -0.2) is 0 Å². The van der Waals surface area contributed by atoms with Crippen LogP contribution in [-0.2, 0) is 17.0 Å². The molecule has 0 heterocycles. The molecule has 0 aromatic heterocycles. The van der Waals surface area contributed by atoms with Crippen LogP contribution in [0.5, 0.6) is 0 Å². The van der Waals surface area contributed by atoms with Crippen LogP contribution in [0.2, 0.25) is 0 Å². The van der Waals surface area contributed by atoms with E-state index in [-0.39, 0.29) is 41.7 Å². The third-order valence-electron chi connectivity index (χ3n) is 0. The van der Waals surface area contributed by atoms with Crippen molar-refractivity contribution in [3.63, 3.8) is 0 Å². The third-order valence-corrected chi connectivity index (χ3v) is 0. The number of hydrogen-bond acceptors (Lipinski definition) is 0. The molecule has 0 rings (SSSR count). The first-order chi connectivity index (χ1) is 1.41. The Morgan fingerprint density at radius 2 is 1.25 bits per heavy atom. The first-order valence-corrected chi connectivity index (χ1v) is 4.68. The topological polar surface area (TPSA) is 0 Å². The Kier molecular flexibility index (Phi) is 22.6. The van der Waals surface area contributed by atoms with E-state index >= 15 is 0 Å². The van der Waals surface area contributed by atoms with Crippen molar-refractivity contribution in [1.82, 2.24) is 0 Å². The molecule has 0 nitrogen and oxygen atoms in total. The van der Waals surface area contributed by atoms with E-state index in [0.29, 0.717) is 0 Å². The molecule has 0 spiro atoms. The SMILES string of the molecule is [Ce].[Cl][Ti][Cl]. The summed E-state index contributed by atoms with van der Waals surface area (Å²) in [5.41, 5.74) is 0. The molecule has 0 radical (unpaired) electrons. The van der Waals surface area contributed by atoms with Crippen molar-refractivity contribution < 1.29 is 58.8 Å². The van der Waals surface area contributed by atoms with Gasteiger partial charge in [-0.2, -0.15) is 0 Å². The van der Waals surface area contributed by atoms with Gasteiger partial charge >= 0.3 is 35.6 Å². The first-order valence-electron chi connectivity index (χ1n) is 0.378. The molecule has 4 heavy (non-hydrogen) atoms. The zero-order valence-corrected chi connectivity index (χ0v) is 7.97. The summed E-state index contributed by atoms with van der Waals surface area (Å²) in [5, 5.41) is 0. The monoisotopic (exact) mass is 258 g/mol. The van der Waals surface area contributed by atoms with Crippen LogP contribution < -0.4 is 0 Å². The van der Waals surface area contributed by atoms with Crippen LogP contribution in [0.1, 0.15) is 0 Å². The van der Waals surface area contributed by atoms with Gasteiger partial charge in [0.25, 0.3) is 0 Å². The van der Waals surface area contributed by atoms with E-state index in [1.807, 2.05) is 0 Å². The predicted octanol–water partition coefficient (Wildman–Crippen LogP) is 1.38. The van der Waals surface area contributed by atoms with Crippen LogP contribution >= 0.6 is 18.6 Å². The number of rotatable bonds is 0. The molecule has 0 amide bonds. The molecule has 0 aliphatic carbocycles. The molecule has 22 valence electrons. The van der Waals surface area contributed by atoms with Crippen molar-refractivity contribution in [3.8, 4) is 0 Å². The van der Waals surface area contributed by atoms with Crippen LogP contribution in [0.4, 0.5) is 0 Å². The first kappa shape index (κ1) is 9.83. The fraction of sp³-hybridized carbons (Fsp3) is 0. The average molecular weight is 259 g/mol. The second-order valence-corrected chi connectivity index (χ2v) is 2.65. The summed E-state index contributed by atoms with van der Waals surface area (Å²) in [6.45, 7) is 0. The Morgan fingerprint density at radius 3 is 1.25 bits per heavy atom. The standard InChI is InChI=1S/Ce.2ClH.Ti/h;2*1H;/q;;;+2/p-2. The van der Waals surface area contributed by atoms with Crippen molar-refractivity contribution in [2.24, 2.45) is 0 Å². The zero-order chi connectivity index (χ0) is 2.71. The van der Waals surface area contributed by atoms with E-state index in [1.165, 1.54) is 0 Å². The van der Waals surface area contributed by atoms with Crippen molar-refractivity contribution in [3.05, 3.63) is 0 Å². The molecule has 0 bridgehead atoms. The molecule has 0 N–H and O–H groups in total. The van der Waals surface area contributed by atoms with E-state index in [9.17, 15) is 0 Å². The Morgan fingerprint density at radius 1 is 1.25 bits per heavy atom. The summed E-state index contributed by atoms with van der Waals surface area (Å²) < 4.78 is 0. The minimum absolute atomic E-state index is 0. The molecular weight excluding hydrogens is 259 g/mol. The summed E-state index contributed by atoms with van der Waals surface area (Å²) >= 11 is -0.556. The molecule has 0 aliphatic rings. The van der Waals surface area contributed by atoms with E-state index in [2.05, 4.69) is 0 Å². The van der Waals surface area contributed by atoms with E-state index < -0.39 is 17.0 Å². The van der Waals surface area contributed by atoms with Gasteiger partial charge in [-0.3, -0.25) is 0 Å². The van der Waals surface area contributed by atoms with Crippen LogP contribution in [0.25, 0.3) is 0 Å². The Hall–Kier alpha value is 2.67. The third kappa shape index (κ3) is 8.82. The van der Waals surface area contributed by atoms with Gasteiger partial charge in [-0.25, -0.2) is 0 Å². The average Bonchev–Trinajstić information content (AvgIpc) is 0.918. The quantitative estimate of drug-likeness (QED) is 0.576. The maximum absolute atomic E-state index is 4.89. The second-order valence-electron chi connectivity index (χ2n) is 0.0714. The van der Waals surface area contributed by atoms with Gasteiger partial charge in [0.1, 0.15) is 0 Å². The molecule has 0 saturated carbocycles. The number of halogens is 2. The number of hydrogen-bond donors (Lipinski definition) is 0. The van der Waals surface area contributed by atoms with Gasteiger partial charge in [-0.05, 0) is 0 Å². The van der Waals surface area contributed by atoms with Gasteiger partial charge in [-0.1, -0.05) is 0 Å². The van der Waals surface area contributed by atoms with Crippen molar-refractivity contribution in [2.75, 3.05) is 0 Å². The Labute approximate surface area is 75.7 Å². The Balaban J connectivity index is 0. The molecule has 0 atom stereocenters. The summed E-state index contributed by atoms with van der Waals surface area (Å²) in [4.78, 5) is 0. The van der Waals surface area contributed by atoms with E-state index in [4.69, 9.17) is 18.6 Å². The summed E-state index contributed by atoms with van der Waals surface area (Å²) in [7, 11) is 9.78. The predicted molar refractivity (Wildman–Crippen MR) is 11.7 cm³/mol. The summed E-state index contributed by atoms with van der Waals surface area (Å²) in [5.74, 6) is 0. The molecule has 0 aliphatic heterocycles. The van der Waals surface area contributed by atoms with Gasteiger partial charge in [0.2, 0.25) is 0 Å². The van der Waals surface area contributed by atoms with Crippen LogP contribution in [0, 0.1) is 41.7 Å². The second kappa shape index (κ2) is 9.18. The maximum atomic E-state index is 4.89. The normalized spacial score (nSPS) is 3.50. The van der Waals surface area contributed by atoms with Crippen LogP contribution in [0.15, 0.2) is 0 Å². The van der Waals surface area contributed by atoms with Crippen molar-refractivity contribution in [1.29, 1.82) is 0 Å². The molecule has 0 fully saturated rings. The summed E-state index contributed by atoms with van der Waals surface area (Å²) in [6.07, 6.45) is 0. The molecule has 4 heteroatoms. The molecule has 0 unspecified atom stereocenters. The molecule has 0 saturated heterocycles. The van der Waals surface area contributed by atoms with Gasteiger partial charge < -0.3 is 0 Å². The van der Waals surface area contributed by atoms with Crippen molar-refractivity contribution in [2.45, 2.75) is 0 Å². The van der Waals surface area contributed by atoms with Gasteiger partial charge in [0.15, 0.2) is 0 Å². The van der Waals surface area contributed by atoms with E-state index in [0.717, 1.165) is 0 Å². The molecule has 0 aromatic carbocycles. The fourth-order valence-corrected chi connectivity index (χ4v) is 0. The van der Waals surface area contributed by atoms with Crippen molar-refractivity contribution >= 4 is 18.6 Å². The summed E-state index contributed by atoms with van der Waals surface area (Å²) in [6, 6.07) is 0. The van der Waals surface area contributed by atoms with Gasteiger partial charge in [0, 0.05) is 41.7 Å². The van der Waals surface area contributed by atoms with Gasteiger partial charge in [0.05, 0.1) is 0 Å². The van der Waals surface area contributed by atoms with E-state index in [1.54, 1.807) is 0 Å². The molecule has 0 aromatic rings.